The second-order valence-electron chi connectivity index (χ2n) is 4.13. The van der Waals surface area contributed by atoms with Gasteiger partial charge in [-0.1, -0.05) is 29.4 Å². The van der Waals surface area contributed by atoms with Crippen molar-refractivity contribution >= 4 is 23.4 Å². The summed E-state index contributed by atoms with van der Waals surface area (Å²) in [7, 11) is 0. The fourth-order valence-corrected chi connectivity index (χ4v) is 2.67. The van der Waals surface area contributed by atoms with Crippen molar-refractivity contribution in [3.63, 3.8) is 0 Å². The van der Waals surface area contributed by atoms with Gasteiger partial charge in [0, 0.05) is 5.75 Å². The Hall–Kier alpha value is -2.12. The highest BCUT2D eigenvalue weighted by atomic mass is 35.5. The number of hydrogen-bond donors (Lipinski definition) is 1. The predicted molar refractivity (Wildman–Crippen MR) is 79.6 cm³/mol. The van der Waals surface area contributed by atoms with Crippen LogP contribution in [0.5, 0.6) is 5.75 Å². The Balaban J connectivity index is 1.78. The van der Waals surface area contributed by atoms with Crippen molar-refractivity contribution in [3.05, 3.63) is 53.3 Å². The van der Waals surface area contributed by atoms with Gasteiger partial charge >= 0.3 is 0 Å². The molecule has 3 aromatic rings. The van der Waals surface area contributed by atoms with Crippen LogP contribution in [0.25, 0.3) is 5.69 Å². The van der Waals surface area contributed by atoms with Crippen LogP contribution in [0.1, 0.15) is 5.69 Å². The first-order chi connectivity index (χ1) is 10.2. The maximum atomic E-state index is 9.31. The van der Waals surface area contributed by atoms with Crippen LogP contribution < -0.4 is 0 Å². The van der Waals surface area contributed by atoms with Gasteiger partial charge in [0.25, 0.3) is 0 Å². The first kappa shape index (κ1) is 13.8. The van der Waals surface area contributed by atoms with E-state index >= 15 is 0 Å². The number of pyridine rings is 1. The molecular formula is C13H10ClN5OS. The molecule has 1 aromatic carbocycles. The minimum absolute atomic E-state index is 0.198. The summed E-state index contributed by atoms with van der Waals surface area (Å²) in [4.78, 5) is 4.22. The quantitative estimate of drug-likeness (QED) is 0.588. The van der Waals surface area contributed by atoms with Crippen LogP contribution in [0.3, 0.4) is 0 Å². The molecule has 2 aromatic heterocycles. The van der Waals surface area contributed by atoms with Crippen molar-refractivity contribution in [3.8, 4) is 11.4 Å². The third kappa shape index (κ3) is 3.32. The Labute approximate surface area is 129 Å². The molecule has 0 saturated carbocycles. The maximum absolute atomic E-state index is 9.31. The monoisotopic (exact) mass is 319 g/mol. The molecular weight excluding hydrogens is 310 g/mol. The summed E-state index contributed by atoms with van der Waals surface area (Å²) in [5, 5.41) is 22.1. The highest BCUT2D eigenvalue weighted by Crippen LogP contribution is 2.23. The predicted octanol–water partition coefficient (Wildman–Crippen LogP) is 2.71. The highest BCUT2D eigenvalue weighted by molar-refractivity contribution is 7.98. The SMILES string of the molecule is Oc1ccc(-n2nnnc2SCc2cccc(Cl)n2)cc1. The first-order valence-corrected chi connectivity index (χ1v) is 7.41. The van der Waals surface area contributed by atoms with Crippen LogP contribution in [0.4, 0.5) is 0 Å². The number of nitrogens with zero attached hydrogens (tertiary/aromatic N) is 5. The van der Waals surface area contributed by atoms with Crippen molar-refractivity contribution in [1.29, 1.82) is 0 Å². The van der Waals surface area contributed by atoms with Gasteiger partial charge < -0.3 is 5.11 Å². The van der Waals surface area contributed by atoms with Gasteiger partial charge in [-0.2, -0.15) is 4.68 Å². The average molecular weight is 320 g/mol. The lowest BCUT2D eigenvalue weighted by molar-refractivity contribution is 0.475. The van der Waals surface area contributed by atoms with Gasteiger partial charge in [-0.05, 0) is 46.8 Å². The summed E-state index contributed by atoms with van der Waals surface area (Å²) in [6.07, 6.45) is 0. The smallest absolute Gasteiger partial charge is 0.214 e. The van der Waals surface area contributed by atoms with Gasteiger partial charge in [-0.15, -0.1) is 5.10 Å². The topological polar surface area (TPSA) is 76.7 Å². The molecule has 0 amide bonds. The molecule has 0 radical (unpaired) electrons. The van der Waals surface area contributed by atoms with Crippen molar-refractivity contribution in [2.24, 2.45) is 0 Å². The number of phenolic OH excluding ortho intramolecular Hbond substituents is 1. The molecule has 0 unspecified atom stereocenters. The fraction of sp³-hybridized carbons (Fsp3) is 0.0769. The lowest BCUT2D eigenvalue weighted by Gasteiger charge is -2.04. The summed E-state index contributed by atoms with van der Waals surface area (Å²) in [5.41, 5.74) is 1.63. The van der Waals surface area contributed by atoms with E-state index in [0.29, 0.717) is 16.1 Å². The van der Waals surface area contributed by atoms with E-state index in [1.54, 1.807) is 35.0 Å². The molecule has 0 aliphatic carbocycles. The van der Waals surface area contributed by atoms with Gasteiger partial charge in [-0.25, -0.2) is 4.98 Å². The van der Waals surface area contributed by atoms with E-state index in [-0.39, 0.29) is 5.75 Å². The molecule has 21 heavy (non-hydrogen) atoms. The molecule has 0 fully saturated rings. The maximum Gasteiger partial charge on any atom is 0.214 e. The highest BCUT2D eigenvalue weighted by Gasteiger charge is 2.09. The van der Waals surface area contributed by atoms with Crippen LogP contribution in [-0.4, -0.2) is 30.3 Å². The number of rotatable bonds is 4. The number of halogens is 1. The average Bonchev–Trinajstić information content (AvgIpc) is 2.94. The Morgan fingerprint density at radius 1 is 1.14 bits per heavy atom. The summed E-state index contributed by atoms with van der Waals surface area (Å²) < 4.78 is 1.61. The van der Waals surface area contributed by atoms with E-state index in [1.807, 2.05) is 12.1 Å². The largest absolute Gasteiger partial charge is 0.508 e. The number of phenols is 1. The Morgan fingerprint density at radius 2 is 1.95 bits per heavy atom. The second-order valence-corrected chi connectivity index (χ2v) is 5.46. The van der Waals surface area contributed by atoms with E-state index in [1.165, 1.54) is 11.8 Å². The zero-order chi connectivity index (χ0) is 14.7. The van der Waals surface area contributed by atoms with Crippen molar-refractivity contribution in [2.45, 2.75) is 10.9 Å². The van der Waals surface area contributed by atoms with Crippen molar-refractivity contribution < 1.29 is 5.11 Å². The van der Waals surface area contributed by atoms with E-state index in [0.717, 1.165) is 11.4 Å². The van der Waals surface area contributed by atoms with Crippen molar-refractivity contribution in [2.75, 3.05) is 0 Å². The normalized spacial score (nSPS) is 10.7. The molecule has 2 heterocycles. The standard InChI is InChI=1S/C13H10ClN5OS/c14-12-3-1-2-9(15-12)8-21-13-16-17-18-19(13)10-4-6-11(20)7-5-10/h1-7,20H,8H2. The molecule has 0 atom stereocenters. The van der Waals surface area contributed by atoms with Gasteiger partial charge in [0.05, 0.1) is 11.4 Å². The van der Waals surface area contributed by atoms with E-state index in [9.17, 15) is 5.11 Å². The number of aromatic nitrogens is 5. The third-order valence-corrected chi connectivity index (χ3v) is 3.82. The third-order valence-electron chi connectivity index (χ3n) is 2.66. The summed E-state index contributed by atoms with van der Waals surface area (Å²) in [6, 6.07) is 12.1. The molecule has 0 saturated heterocycles. The molecule has 8 heteroatoms. The van der Waals surface area contributed by atoms with Gasteiger partial charge in [-0.3, -0.25) is 0 Å². The molecule has 1 N–H and O–H groups in total. The Bertz CT molecular complexity index is 746. The summed E-state index contributed by atoms with van der Waals surface area (Å²) in [5.74, 6) is 0.808. The van der Waals surface area contributed by atoms with Crippen LogP contribution in [0.15, 0.2) is 47.6 Å². The number of tetrazole rings is 1. The van der Waals surface area contributed by atoms with Crippen LogP contribution in [0, 0.1) is 0 Å². The number of benzene rings is 1. The fourth-order valence-electron chi connectivity index (χ4n) is 1.69. The lowest BCUT2D eigenvalue weighted by Crippen LogP contribution is -1.99. The minimum atomic E-state index is 0.198. The zero-order valence-corrected chi connectivity index (χ0v) is 12.3. The van der Waals surface area contributed by atoms with Crippen LogP contribution in [-0.2, 0) is 5.75 Å². The van der Waals surface area contributed by atoms with Crippen LogP contribution in [0.2, 0.25) is 5.15 Å². The summed E-state index contributed by atoms with van der Waals surface area (Å²) >= 11 is 7.32. The molecule has 0 aliphatic rings. The van der Waals surface area contributed by atoms with E-state index in [4.69, 9.17) is 11.6 Å². The van der Waals surface area contributed by atoms with E-state index in [2.05, 4.69) is 20.5 Å². The molecule has 106 valence electrons. The zero-order valence-electron chi connectivity index (χ0n) is 10.7. The van der Waals surface area contributed by atoms with E-state index < -0.39 is 0 Å². The Kier molecular flexibility index (Phi) is 4.03. The Morgan fingerprint density at radius 3 is 2.71 bits per heavy atom. The molecule has 0 bridgehead atoms. The molecule has 0 spiro atoms. The number of aromatic hydroxyl groups is 1. The van der Waals surface area contributed by atoms with Crippen LogP contribution >= 0.6 is 23.4 Å². The molecule has 6 nitrogen and oxygen atoms in total. The number of hydrogen-bond acceptors (Lipinski definition) is 6. The minimum Gasteiger partial charge on any atom is -0.508 e. The first-order valence-electron chi connectivity index (χ1n) is 6.04. The lowest BCUT2D eigenvalue weighted by atomic mass is 10.3. The van der Waals surface area contributed by atoms with Gasteiger partial charge in [0.2, 0.25) is 5.16 Å². The number of thioether (sulfide) groups is 1. The molecule has 0 aliphatic heterocycles. The van der Waals surface area contributed by atoms with Gasteiger partial charge in [0.1, 0.15) is 10.9 Å². The second kappa shape index (κ2) is 6.11. The van der Waals surface area contributed by atoms with Gasteiger partial charge in [0.15, 0.2) is 0 Å². The summed E-state index contributed by atoms with van der Waals surface area (Å²) in [6.45, 7) is 0. The molecule has 3 rings (SSSR count). The van der Waals surface area contributed by atoms with Crippen molar-refractivity contribution in [1.82, 2.24) is 25.2 Å².